The van der Waals surface area contributed by atoms with Gasteiger partial charge in [0.1, 0.15) is 6.54 Å². The minimum atomic E-state index is -1.10. The molecule has 1 rings (SSSR count). The van der Waals surface area contributed by atoms with Gasteiger partial charge in [0.05, 0.1) is 10.6 Å². The summed E-state index contributed by atoms with van der Waals surface area (Å²) in [6, 6.07) is 4.58. The quantitative estimate of drug-likeness (QED) is 0.799. The molecule has 0 unspecified atom stereocenters. The van der Waals surface area contributed by atoms with Gasteiger partial charge in [0.15, 0.2) is 0 Å². The van der Waals surface area contributed by atoms with Crippen LogP contribution in [0.3, 0.4) is 0 Å². The number of aliphatic carboxylic acids is 1. The Morgan fingerprint density at radius 2 is 1.96 bits per heavy atom. The maximum atomic E-state index is 12.4. The van der Waals surface area contributed by atoms with Gasteiger partial charge in [-0.3, -0.25) is 14.4 Å². The molecule has 0 bridgehead atoms. The number of benzene rings is 1. The molecule has 0 spiro atoms. The van der Waals surface area contributed by atoms with E-state index in [1.807, 2.05) is 13.8 Å². The predicted molar refractivity (Wildman–Crippen MR) is 88.8 cm³/mol. The molecular weight excluding hydrogens is 320 g/mol. The molecule has 126 valence electrons. The number of carbonyl (C=O) groups is 3. The number of nitrogens with one attached hydrogen (secondary N) is 1. The number of carboxylic acid groups (broad SMARTS) is 1. The average molecular weight is 341 g/mol. The summed E-state index contributed by atoms with van der Waals surface area (Å²) in [5.74, 6) is -1.52. The molecule has 0 atom stereocenters. The minimum absolute atomic E-state index is 0.154. The third-order valence-electron chi connectivity index (χ3n) is 3.07. The van der Waals surface area contributed by atoms with Crippen molar-refractivity contribution in [2.45, 2.75) is 27.2 Å². The normalized spacial score (nSPS) is 10.5. The number of carbonyl (C=O) groups excluding carboxylic acids is 2. The SMILES string of the molecule is CCN(CC(=O)O)C(=O)c1cc(NC(=O)CC(C)C)ccc1Cl. The smallest absolute Gasteiger partial charge is 0.323 e. The molecule has 7 heteroatoms. The van der Waals surface area contributed by atoms with Crippen molar-refractivity contribution in [1.29, 1.82) is 0 Å². The van der Waals surface area contributed by atoms with Crippen molar-refractivity contribution in [3.8, 4) is 0 Å². The molecule has 0 aliphatic carbocycles. The first-order chi connectivity index (χ1) is 10.7. The van der Waals surface area contributed by atoms with E-state index in [0.717, 1.165) is 0 Å². The van der Waals surface area contributed by atoms with Crippen LogP contribution in [0.4, 0.5) is 5.69 Å². The lowest BCUT2D eigenvalue weighted by atomic mass is 10.1. The molecular formula is C16H21ClN2O4. The van der Waals surface area contributed by atoms with Gasteiger partial charge in [0, 0.05) is 18.7 Å². The van der Waals surface area contributed by atoms with Crippen LogP contribution in [0.25, 0.3) is 0 Å². The molecule has 0 radical (unpaired) electrons. The number of nitrogens with zero attached hydrogens (tertiary/aromatic N) is 1. The molecule has 0 aliphatic rings. The number of likely N-dealkylation sites (N-methyl/N-ethyl adjacent to an activating group) is 1. The van der Waals surface area contributed by atoms with E-state index in [1.54, 1.807) is 13.0 Å². The molecule has 2 N–H and O–H groups in total. The van der Waals surface area contributed by atoms with E-state index in [0.29, 0.717) is 12.1 Å². The Morgan fingerprint density at radius 1 is 1.30 bits per heavy atom. The van der Waals surface area contributed by atoms with Crippen LogP contribution in [0.15, 0.2) is 18.2 Å². The molecule has 23 heavy (non-hydrogen) atoms. The highest BCUT2D eigenvalue weighted by Crippen LogP contribution is 2.22. The summed E-state index contributed by atoms with van der Waals surface area (Å²) in [7, 11) is 0. The van der Waals surface area contributed by atoms with Crippen LogP contribution >= 0.6 is 11.6 Å². The zero-order chi connectivity index (χ0) is 17.6. The maximum Gasteiger partial charge on any atom is 0.323 e. The fourth-order valence-corrected chi connectivity index (χ4v) is 2.21. The Hall–Kier alpha value is -2.08. The summed E-state index contributed by atoms with van der Waals surface area (Å²) in [4.78, 5) is 36.2. The fraction of sp³-hybridized carbons (Fsp3) is 0.438. The van der Waals surface area contributed by atoms with Crippen molar-refractivity contribution in [3.05, 3.63) is 28.8 Å². The van der Waals surface area contributed by atoms with E-state index >= 15 is 0 Å². The van der Waals surface area contributed by atoms with Gasteiger partial charge in [-0.2, -0.15) is 0 Å². The molecule has 0 fully saturated rings. The van der Waals surface area contributed by atoms with Crippen LogP contribution in [0.1, 0.15) is 37.6 Å². The summed E-state index contributed by atoms with van der Waals surface area (Å²) in [5, 5.41) is 11.8. The largest absolute Gasteiger partial charge is 0.480 e. The number of carboxylic acids is 1. The van der Waals surface area contributed by atoms with Crippen molar-refractivity contribution < 1.29 is 19.5 Å². The highest BCUT2D eigenvalue weighted by atomic mass is 35.5. The van der Waals surface area contributed by atoms with Crippen molar-refractivity contribution in [2.24, 2.45) is 5.92 Å². The van der Waals surface area contributed by atoms with Gasteiger partial charge in [-0.05, 0) is 31.0 Å². The zero-order valence-electron chi connectivity index (χ0n) is 13.4. The first kappa shape index (κ1) is 19.0. The van der Waals surface area contributed by atoms with E-state index in [9.17, 15) is 14.4 Å². The van der Waals surface area contributed by atoms with Gasteiger partial charge in [-0.25, -0.2) is 0 Å². The lowest BCUT2D eigenvalue weighted by Gasteiger charge is -2.19. The molecule has 0 heterocycles. The Morgan fingerprint density at radius 3 is 2.48 bits per heavy atom. The van der Waals surface area contributed by atoms with E-state index in [1.165, 1.54) is 17.0 Å². The second kappa shape index (κ2) is 8.53. The predicted octanol–water partition coefficient (Wildman–Crippen LogP) is 2.87. The van der Waals surface area contributed by atoms with Gasteiger partial charge in [-0.1, -0.05) is 25.4 Å². The van der Waals surface area contributed by atoms with Gasteiger partial charge >= 0.3 is 5.97 Å². The summed E-state index contributed by atoms with van der Waals surface area (Å²) in [6.45, 7) is 5.38. The van der Waals surface area contributed by atoms with Gasteiger partial charge in [0.25, 0.3) is 5.91 Å². The van der Waals surface area contributed by atoms with Crippen molar-refractivity contribution in [2.75, 3.05) is 18.4 Å². The summed E-state index contributed by atoms with van der Waals surface area (Å²) in [5.41, 5.74) is 0.617. The standard InChI is InChI=1S/C16H21ClN2O4/c1-4-19(9-15(21)22)16(23)12-8-11(5-6-13(12)17)18-14(20)7-10(2)3/h5-6,8,10H,4,7,9H2,1-3H3,(H,18,20)(H,21,22). The second-order valence-corrected chi connectivity index (χ2v) is 5.96. The molecule has 0 aliphatic heterocycles. The Bertz CT molecular complexity index is 602. The van der Waals surface area contributed by atoms with E-state index in [2.05, 4.69) is 5.32 Å². The molecule has 0 aromatic heterocycles. The van der Waals surface area contributed by atoms with Crippen LogP contribution in [0, 0.1) is 5.92 Å². The van der Waals surface area contributed by atoms with Crippen molar-refractivity contribution in [3.63, 3.8) is 0 Å². The molecule has 1 aromatic rings. The summed E-state index contributed by atoms with van der Waals surface area (Å²) in [6.07, 6.45) is 0.367. The van der Waals surface area contributed by atoms with Crippen LogP contribution in [-0.4, -0.2) is 40.9 Å². The van der Waals surface area contributed by atoms with Crippen LogP contribution in [0.5, 0.6) is 0 Å². The van der Waals surface area contributed by atoms with E-state index < -0.39 is 18.4 Å². The van der Waals surface area contributed by atoms with Crippen molar-refractivity contribution >= 4 is 35.1 Å². The molecule has 0 saturated heterocycles. The molecule has 6 nitrogen and oxygen atoms in total. The first-order valence-corrected chi connectivity index (χ1v) is 7.72. The fourth-order valence-electron chi connectivity index (χ4n) is 2.01. The van der Waals surface area contributed by atoms with Gasteiger partial charge < -0.3 is 15.3 Å². The minimum Gasteiger partial charge on any atom is -0.480 e. The zero-order valence-corrected chi connectivity index (χ0v) is 14.2. The highest BCUT2D eigenvalue weighted by Gasteiger charge is 2.20. The van der Waals surface area contributed by atoms with Gasteiger partial charge in [-0.15, -0.1) is 0 Å². The number of rotatable bonds is 7. The third-order valence-corrected chi connectivity index (χ3v) is 3.40. The van der Waals surface area contributed by atoms with E-state index in [-0.39, 0.29) is 29.0 Å². The third kappa shape index (κ3) is 5.90. The topological polar surface area (TPSA) is 86.7 Å². The van der Waals surface area contributed by atoms with Crippen LogP contribution in [-0.2, 0) is 9.59 Å². The second-order valence-electron chi connectivity index (χ2n) is 5.55. The van der Waals surface area contributed by atoms with Crippen molar-refractivity contribution in [1.82, 2.24) is 4.90 Å². The number of hydrogen-bond donors (Lipinski definition) is 2. The first-order valence-electron chi connectivity index (χ1n) is 7.35. The van der Waals surface area contributed by atoms with Crippen LogP contribution < -0.4 is 5.32 Å². The van der Waals surface area contributed by atoms with Crippen LogP contribution in [0.2, 0.25) is 5.02 Å². The summed E-state index contributed by atoms with van der Waals surface area (Å²) < 4.78 is 0. The monoisotopic (exact) mass is 340 g/mol. The molecule has 1 aromatic carbocycles. The Balaban J connectivity index is 2.98. The Kier molecular flexibility index (Phi) is 7.03. The number of hydrogen-bond acceptors (Lipinski definition) is 3. The highest BCUT2D eigenvalue weighted by molar-refractivity contribution is 6.34. The number of anilines is 1. The molecule has 2 amide bonds. The maximum absolute atomic E-state index is 12.4. The number of halogens is 1. The van der Waals surface area contributed by atoms with Gasteiger partial charge in [0.2, 0.25) is 5.91 Å². The number of amides is 2. The average Bonchev–Trinajstić information content (AvgIpc) is 2.45. The molecule has 0 saturated carbocycles. The lowest BCUT2D eigenvalue weighted by molar-refractivity contribution is -0.137. The lowest BCUT2D eigenvalue weighted by Crippen LogP contribution is -2.35. The van der Waals surface area contributed by atoms with E-state index in [4.69, 9.17) is 16.7 Å². The summed E-state index contributed by atoms with van der Waals surface area (Å²) >= 11 is 6.04. The Labute approximate surface area is 140 Å².